The Morgan fingerprint density at radius 3 is 2.21 bits per heavy atom. The van der Waals surface area contributed by atoms with E-state index >= 15 is 0 Å². The molecule has 154 valence electrons. The van der Waals surface area contributed by atoms with Crippen LogP contribution in [-0.2, 0) is 23.9 Å². The van der Waals surface area contributed by atoms with Gasteiger partial charge in [-0.25, -0.2) is 0 Å². The van der Waals surface area contributed by atoms with Crippen LogP contribution in [0.4, 0.5) is 5.69 Å². The number of amides is 3. The minimum atomic E-state index is -0.620. The highest BCUT2D eigenvalue weighted by atomic mass is 79.9. The second-order valence-corrected chi connectivity index (χ2v) is 9.77. The average Bonchev–Trinajstić information content (AvgIpc) is 3.31. The van der Waals surface area contributed by atoms with E-state index in [0.717, 1.165) is 6.42 Å². The molecule has 0 spiro atoms. The maximum Gasteiger partial charge on any atom is 0.308 e. The summed E-state index contributed by atoms with van der Waals surface area (Å²) in [5.74, 6) is -1.75. The number of nitrogens with one attached hydrogen (secondary N) is 1. The summed E-state index contributed by atoms with van der Waals surface area (Å²) in [5, 5.41) is 2.62. The molecule has 0 unspecified atom stereocenters. The van der Waals surface area contributed by atoms with Crippen molar-refractivity contribution in [2.45, 2.75) is 22.5 Å². The van der Waals surface area contributed by atoms with Gasteiger partial charge in [-0.1, -0.05) is 50.1 Å². The molecule has 29 heavy (non-hydrogen) atoms. The van der Waals surface area contributed by atoms with Gasteiger partial charge < -0.3 is 10.1 Å². The van der Waals surface area contributed by atoms with Gasteiger partial charge in [0.2, 0.25) is 11.8 Å². The van der Waals surface area contributed by atoms with Crippen LogP contribution in [0.5, 0.6) is 0 Å². The zero-order valence-electron chi connectivity index (χ0n) is 15.4. The van der Waals surface area contributed by atoms with Gasteiger partial charge in [-0.3, -0.25) is 24.1 Å². The van der Waals surface area contributed by atoms with Crippen LogP contribution >= 0.6 is 31.9 Å². The Morgan fingerprint density at radius 1 is 1.03 bits per heavy atom. The fourth-order valence-electron chi connectivity index (χ4n) is 4.77. The third-order valence-corrected chi connectivity index (χ3v) is 9.25. The fourth-order valence-corrected chi connectivity index (χ4v) is 6.64. The van der Waals surface area contributed by atoms with Gasteiger partial charge in [-0.2, -0.15) is 0 Å². The largest absolute Gasteiger partial charge is 0.456 e. The summed E-state index contributed by atoms with van der Waals surface area (Å²) in [6.07, 6.45) is 0.741. The van der Waals surface area contributed by atoms with Crippen molar-refractivity contribution in [3.05, 3.63) is 30.3 Å². The van der Waals surface area contributed by atoms with E-state index in [9.17, 15) is 19.2 Å². The number of nitrogens with zero attached hydrogens (tertiary/aromatic N) is 1. The van der Waals surface area contributed by atoms with E-state index in [2.05, 4.69) is 37.2 Å². The number of para-hydroxylation sites is 1. The third kappa shape index (κ3) is 3.74. The van der Waals surface area contributed by atoms with Crippen LogP contribution in [0.15, 0.2) is 30.3 Å². The molecule has 3 amide bonds. The van der Waals surface area contributed by atoms with Crippen molar-refractivity contribution >= 4 is 61.2 Å². The van der Waals surface area contributed by atoms with Crippen molar-refractivity contribution in [1.82, 2.24) is 4.90 Å². The van der Waals surface area contributed by atoms with Crippen LogP contribution in [0.25, 0.3) is 0 Å². The van der Waals surface area contributed by atoms with E-state index in [1.54, 1.807) is 24.3 Å². The maximum absolute atomic E-state index is 12.8. The summed E-state index contributed by atoms with van der Waals surface area (Å²) >= 11 is 7.29. The van der Waals surface area contributed by atoms with Gasteiger partial charge in [0, 0.05) is 21.9 Å². The van der Waals surface area contributed by atoms with Crippen LogP contribution in [0.3, 0.4) is 0 Å². The minimum Gasteiger partial charge on any atom is -0.456 e. The predicted octanol–water partition coefficient (Wildman–Crippen LogP) is 2.34. The van der Waals surface area contributed by atoms with Gasteiger partial charge >= 0.3 is 5.97 Å². The first kappa shape index (κ1) is 20.5. The lowest BCUT2D eigenvalue weighted by atomic mass is 9.81. The highest BCUT2D eigenvalue weighted by Gasteiger charge is 2.66. The van der Waals surface area contributed by atoms with E-state index in [0.29, 0.717) is 5.69 Å². The van der Waals surface area contributed by atoms with E-state index in [1.807, 2.05) is 6.07 Å². The predicted molar refractivity (Wildman–Crippen MR) is 111 cm³/mol. The van der Waals surface area contributed by atoms with Crippen LogP contribution in [0, 0.1) is 23.7 Å². The van der Waals surface area contributed by atoms with Gasteiger partial charge in [-0.05, 0) is 30.4 Å². The lowest BCUT2D eigenvalue weighted by Gasteiger charge is -2.28. The highest BCUT2D eigenvalue weighted by Crippen LogP contribution is 2.60. The number of imide groups is 1. The van der Waals surface area contributed by atoms with E-state index in [1.165, 1.54) is 4.90 Å². The number of anilines is 1. The second-order valence-electron chi connectivity index (χ2n) is 7.66. The molecule has 0 aromatic heterocycles. The van der Waals surface area contributed by atoms with Crippen molar-refractivity contribution < 1.29 is 23.9 Å². The standard InChI is InChI=1S/C20H20Br2N2O5/c21-17-11-8-12(18(17)22)16-15(11)19(27)24(20(16)28)7-6-14(26)29-9-13(25)23-10-4-2-1-3-5-10/h1-5,11-12,15-18H,6-9H2,(H,23,25)/t11-,12-,15-,16-,17-,18+/m1/s1. The molecular formula is C20H20Br2N2O5. The number of hydrogen-bond donors (Lipinski definition) is 1. The summed E-state index contributed by atoms with van der Waals surface area (Å²) in [6, 6.07) is 8.84. The van der Waals surface area contributed by atoms with Gasteiger partial charge in [0.05, 0.1) is 18.3 Å². The molecule has 1 heterocycles. The number of carbonyl (C=O) groups excluding carboxylic acids is 4. The SMILES string of the molecule is O=C(COC(=O)CCN1C(=O)[C@@H]2[C@H]3C[C@@H]([C@@H](Br)[C@H]3Br)[C@H]2C1=O)Nc1ccccc1. The van der Waals surface area contributed by atoms with Gasteiger partial charge in [0.25, 0.3) is 5.91 Å². The molecule has 2 aliphatic carbocycles. The number of alkyl halides is 2. The second kappa shape index (κ2) is 8.18. The zero-order chi connectivity index (χ0) is 20.7. The molecule has 3 aliphatic rings. The Kier molecular flexibility index (Phi) is 5.79. The van der Waals surface area contributed by atoms with Gasteiger partial charge in [0.1, 0.15) is 0 Å². The molecule has 3 fully saturated rings. The molecule has 2 saturated carbocycles. The highest BCUT2D eigenvalue weighted by molar-refractivity contribution is 9.12. The van der Waals surface area contributed by atoms with Crippen molar-refractivity contribution in [3.8, 4) is 0 Å². The molecule has 1 saturated heterocycles. The summed E-state index contributed by atoms with van der Waals surface area (Å²) in [4.78, 5) is 50.9. The number of likely N-dealkylation sites (tertiary alicyclic amines) is 1. The van der Waals surface area contributed by atoms with Crippen molar-refractivity contribution in [3.63, 3.8) is 0 Å². The fraction of sp³-hybridized carbons (Fsp3) is 0.500. The Bertz CT molecular complexity index is 817. The van der Waals surface area contributed by atoms with Crippen molar-refractivity contribution in [1.29, 1.82) is 0 Å². The normalized spacial score (nSPS) is 32.4. The van der Waals surface area contributed by atoms with Gasteiger partial charge in [0.15, 0.2) is 6.61 Å². The number of halogens is 2. The Balaban J connectivity index is 1.26. The quantitative estimate of drug-likeness (QED) is 0.348. The van der Waals surface area contributed by atoms with Crippen LogP contribution in [-0.4, -0.2) is 51.4 Å². The minimum absolute atomic E-state index is 0.0108. The molecule has 9 heteroatoms. The van der Waals surface area contributed by atoms with Crippen molar-refractivity contribution in [2.24, 2.45) is 23.7 Å². The Morgan fingerprint density at radius 2 is 1.62 bits per heavy atom. The molecule has 1 aromatic carbocycles. The smallest absolute Gasteiger partial charge is 0.308 e. The summed E-state index contributed by atoms with van der Waals surface area (Å²) in [6.45, 7) is -0.426. The molecular weight excluding hydrogens is 508 g/mol. The van der Waals surface area contributed by atoms with E-state index in [-0.39, 0.29) is 58.1 Å². The molecule has 2 bridgehead atoms. The number of hydrogen-bond acceptors (Lipinski definition) is 5. The van der Waals surface area contributed by atoms with Crippen molar-refractivity contribution in [2.75, 3.05) is 18.5 Å². The number of fused-ring (bicyclic) bond motifs is 5. The van der Waals surface area contributed by atoms with Crippen LogP contribution < -0.4 is 5.32 Å². The topological polar surface area (TPSA) is 92.8 Å². The van der Waals surface area contributed by atoms with Gasteiger partial charge in [-0.15, -0.1) is 0 Å². The summed E-state index contributed by atoms with van der Waals surface area (Å²) in [5.41, 5.74) is 0.609. The first-order chi connectivity index (χ1) is 13.9. The summed E-state index contributed by atoms with van der Waals surface area (Å²) < 4.78 is 4.97. The zero-order valence-corrected chi connectivity index (χ0v) is 18.6. The molecule has 6 atom stereocenters. The maximum atomic E-state index is 12.8. The lowest BCUT2D eigenvalue weighted by molar-refractivity contribution is -0.149. The molecule has 1 aromatic rings. The monoisotopic (exact) mass is 526 g/mol. The van der Waals surface area contributed by atoms with E-state index < -0.39 is 18.5 Å². The van der Waals surface area contributed by atoms with Crippen LogP contribution in [0.1, 0.15) is 12.8 Å². The number of ether oxygens (including phenoxy) is 1. The molecule has 1 aliphatic heterocycles. The molecule has 4 rings (SSSR count). The molecule has 0 radical (unpaired) electrons. The van der Waals surface area contributed by atoms with E-state index in [4.69, 9.17) is 4.74 Å². The number of esters is 1. The first-order valence-corrected chi connectivity index (χ1v) is 11.4. The number of carbonyl (C=O) groups is 4. The third-order valence-electron chi connectivity index (χ3n) is 6.04. The number of benzene rings is 1. The first-order valence-electron chi connectivity index (χ1n) is 9.52. The lowest BCUT2D eigenvalue weighted by Crippen LogP contribution is -2.37. The summed E-state index contributed by atoms with van der Waals surface area (Å²) in [7, 11) is 0. The molecule has 1 N–H and O–H groups in total. The Hall–Kier alpha value is -1.74. The molecule has 7 nitrogen and oxygen atoms in total. The average molecular weight is 528 g/mol. The number of rotatable bonds is 6. The van der Waals surface area contributed by atoms with Crippen LogP contribution in [0.2, 0.25) is 0 Å². The Labute approximate surface area is 184 Å².